The monoisotopic (exact) mass is 288 g/mol. The van der Waals surface area contributed by atoms with Gasteiger partial charge in [-0.25, -0.2) is 4.79 Å². The van der Waals surface area contributed by atoms with Gasteiger partial charge in [-0.1, -0.05) is 32.0 Å². The van der Waals surface area contributed by atoms with Gasteiger partial charge < -0.3 is 15.3 Å². The second-order valence-electron chi connectivity index (χ2n) is 4.62. The molecule has 1 aliphatic rings. The molecule has 0 aliphatic carbocycles. The first-order chi connectivity index (χ1) is 8.95. The number of aliphatic carboxylic acids is 1. The van der Waals surface area contributed by atoms with E-state index >= 15 is 0 Å². The van der Waals surface area contributed by atoms with Crippen LogP contribution >= 0.6 is 11.8 Å². The summed E-state index contributed by atoms with van der Waals surface area (Å²) in [6.07, 6.45) is 0.824. The minimum atomic E-state index is -1.02. The van der Waals surface area contributed by atoms with E-state index in [-0.39, 0.29) is 23.5 Å². The van der Waals surface area contributed by atoms with Crippen molar-refractivity contribution in [2.45, 2.75) is 32.7 Å². The first kappa shape index (κ1) is 15.8. The number of thioether (sulfide) groups is 1. The van der Waals surface area contributed by atoms with Gasteiger partial charge in [0.15, 0.2) is 0 Å². The number of carbonyl (C=O) groups is 3. The number of hydrogen-bond acceptors (Lipinski definition) is 4. The fraction of sp³-hybridized carbons (Fsp3) is 0.750. The van der Waals surface area contributed by atoms with Gasteiger partial charge in [-0.15, -0.1) is 0 Å². The van der Waals surface area contributed by atoms with Gasteiger partial charge in [0.2, 0.25) is 5.91 Å². The highest BCUT2D eigenvalue weighted by atomic mass is 32.2. The third-order valence-electron chi connectivity index (χ3n) is 3.25. The van der Waals surface area contributed by atoms with Gasteiger partial charge in [0.1, 0.15) is 6.04 Å². The number of carboxylic acids is 1. The standard InChI is InChI=1S/C12H20N2O4S/c1-3-8(2)10(11(16)17)13-9(15)4-5-14-6-7-19-12(14)18/h8,10H,3-7H2,1-2H3,(H,13,15)(H,16,17)/t8-,10-/m0/s1. The average Bonchev–Trinajstić information content (AvgIpc) is 2.77. The van der Waals surface area contributed by atoms with Crippen LogP contribution in [0, 0.1) is 5.92 Å². The van der Waals surface area contributed by atoms with Gasteiger partial charge >= 0.3 is 5.97 Å². The summed E-state index contributed by atoms with van der Waals surface area (Å²) in [7, 11) is 0. The number of rotatable bonds is 7. The van der Waals surface area contributed by atoms with Crippen molar-refractivity contribution in [3.05, 3.63) is 0 Å². The number of nitrogens with one attached hydrogen (secondary N) is 1. The molecule has 0 unspecified atom stereocenters. The van der Waals surface area contributed by atoms with E-state index in [2.05, 4.69) is 5.32 Å². The quantitative estimate of drug-likeness (QED) is 0.734. The molecular weight excluding hydrogens is 268 g/mol. The highest BCUT2D eigenvalue weighted by Gasteiger charge is 2.26. The summed E-state index contributed by atoms with van der Waals surface area (Å²) in [6.45, 7) is 4.68. The zero-order chi connectivity index (χ0) is 14.4. The summed E-state index contributed by atoms with van der Waals surface area (Å²) >= 11 is 1.25. The van der Waals surface area contributed by atoms with Crippen LogP contribution in [0.15, 0.2) is 0 Å². The minimum Gasteiger partial charge on any atom is -0.480 e. The second-order valence-corrected chi connectivity index (χ2v) is 5.67. The predicted octanol–water partition coefficient (Wildman–Crippen LogP) is 1.16. The highest BCUT2D eigenvalue weighted by Crippen LogP contribution is 2.17. The van der Waals surface area contributed by atoms with E-state index in [4.69, 9.17) is 5.11 Å². The molecule has 7 heteroatoms. The van der Waals surface area contributed by atoms with Crippen molar-refractivity contribution in [1.29, 1.82) is 0 Å². The molecule has 2 atom stereocenters. The molecule has 1 aliphatic heterocycles. The Labute approximate surface area is 116 Å². The van der Waals surface area contributed by atoms with Gasteiger partial charge in [-0.05, 0) is 5.92 Å². The van der Waals surface area contributed by atoms with Crippen LogP contribution < -0.4 is 5.32 Å². The predicted molar refractivity (Wildman–Crippen MR) is 73.1 cm³/mol. The minimum absolute atomic E-state index is 0.00971. The third-order valence-corrected chi connectivity index (χ3v) is 4.14. The Hall–Kier alpha value is -1.24. The first-order valence-corrected chi connectivity index (χ1v) is 7.38. The van der Waals surface area contributed by atoms with E-state index in [0.29, 0.717) is 19.5 Å². The van der Waals surface area contributed by atoms with Crippen LogP contribution in [0.4, 0.5) is 4.79 Å². The molecular formula is C12H20N2O4S. The molecule has 0 saturated carbocycles. The van der Waals surface area contributed by atoms with Gasteiger partial charge in [-0.2, -0.15) is 0 Å². The molecule has 0 bridgehead atoms. The van der Waals surface area contributed by atoms with Crippen molar-refractivity contribution >= 4 is 28.9 Å². The van der Waals surface area contributed by atoms with Gasteiger partial charge in [-0.3, -0.25) is 9.59 Å². The zero-order valence-electron chi connectivity index (χ0n) is 11.2. The number of carboxylic acid groups (broad SMARTS) is 1. The molecule has 2 N–H and O–H groups in total. The number of hydrogen-bond donors (Lipinski definition) is 2. The third kappa shape index (κ3) is 4.74. The molecule has 108 valence electrons. The van der Waals surface area contributed by atoms with Crippen LogP contribution in [-0.4, -0.2) is 52.0 Å². The largest absolute Gasteiger partial charge is 0.480 e. The van der Waals surface area contributed by atoms with Crippen molar-refractivity contribution < 1.29 is 19.5 Å². The van der Waals surface area contributed by atoms with E-state index in [1.807, 2.05) is 6.92 Å². The fourth-order valence-corrected chi connectivity index (χ4v) is 2.65. The summed E-state index contributed by atoms with van der Waals surface area (Å²) in [6, 6.07) is -0.860. The molecule has 0 aromatic heterocycles. The van der Waals surface area contributed by atoms with E-state index in [1.54, 1.807) is 11.8 Å². The SMILES string of the molecule is CC[C@H](C)[C@H](NC(=O)CCN1CCSC1=O)C(=O)O. The molecule has 0 spiro atoms. The van der Waals surface area contributed by atoms with Crippen molar-refractivity contribution in [3.8, 4) is 0 Å². The zero-order valence-corrected chi connectivity index (χ0v) is 12.0. The second kappa shape index (κ2) is 7.37. The molecule has 1 fully saturated rings. The topological polar surface area (TPSA) is 86.7 Å². The van der Waals surface area contributed by atoms with Gasteiger partial charge in [0, 0.05) is 25.3 Å². The molecule has 0 aromatic rings. The molecule has 6 nitrogen and oxygen atoms in total. The van der Waals surface area contributed by atoms with Gasteiger partial charge in [0.05, 0.1) is 0 Å². The van der Waals surface area contributed by atoms with E-state index < -0.39 is 12.0 Å². The van der Waals surface area contributed by atoms with Crippen LogP contribution in [0.25, 0.3) is 0 Å². The summed E-state index contributed by atoms with van der Waals surface area (Å²) in [4.78, 5) is 35.7. The summed E-state index contributed by atoms with van der Waals surface area (Å²) < 4.78 is 0. The van der Waals surface area contributed by atoms with Gasteiger partial charge in [0.25, 0.3) is 5.24 Å². The summed E-state index contributed by atoms with van der Waals surface area (Å²) in [5.74, 6) is -0.705. The van der Waals surface area contributed by atoms with E-state index in [1.165, 1.54) is 11.8 Å². The van der Waals surface area contributed by atoms with Crippen LogP contribution in [-0.2, 0) is 9.59 Å². The number of amides is 2. The smallest absolute Gasteiger partial charge is 0.326 e. The molecule has 0 radical (unpaired) electrons. The van der Waals surface area contributed by atoms with Crippen molar-refractivity contribution in [1.82, 2.24) is 10.2 Å². The maximum atomic E-state index is 11.7. The van der Waals surface area contributed by atoms with Crippen LogP contribution in [0.2, 0.25) is 0 Å². The van der Waals surface area contributed by atoms with Crippen LogP contribution in [0.5, 0.6) is 0 Å². The Morgan fingerprint density at radius 2 is 2.21 bits per heavy atom. The molecule has 0 aromatic carbocycles. The highest BCUT2D eigenvalue weighted by molar-refractivity contribution is 8.13. The molecule has 1 heterocycles. The Morgan fingerprint density at radius 3 is 2.68 bits per heavy atom. The first-order valence-electron chi connectivity index (χ1n) is 6.39. The van der Waals surface area contributed by atoms with Crippen molar-refractivity contribution in [2.24, 2.45) is 5.92 Å². The maximum absolute atomic E-state index is 11.7. The number of carbonyl (C=O) groups excluding carboxylic acids is 2. The van der Waals surface area contributed by atoms with Crippen molar-refractivity contribution in [3.63, 3.8) is 0 Å². The van der Waals surface area contributed by atoms with E-state index in [0.717, 1.165) is 5.75 Å². The number of nitrogens with zero attached hydrogens (tertiary/aromatic N) is 1. The van der Waals surface area contributed by atoms with Crippen molar-refractivity contribution in [2.75, 3.05) is 18.8 Å². The maximum Gasteiger partial charge on any atom is 0.326 e. The summed E-state index contributed by atoms with van der Waals surface area (Å²) in [5, 5.41) is 11.6. The lowest BCUT2D eigenvalue weighted by Crippen LogP contribution is -2.45. The van der Waals surface area contributed by atoms with E-state index in [9.17, 15) is 14.4 Å². The lowest BCUT2D eigenvalue weighted by Gasteiger charge is -2.21. The normalized spacial score (nSPS) is 18.2. The molecule has 19 heavy (non-hydrogen) atoms. The van der Waals surface area contributed by atoms with Crippen LogP contribution in [0.1, 0.15) is 26.7 Å². The average molecular weight is 288 g/mol. The fourth-order valence-electron chi connectivity index (χ4n) is 1.79. The van der Waals surface area contributed by atoms with Crippen LogP contribution in [0.3, 0.4) is 0 Å². The Balaban J connectivity index is 2.40. The lowest BCUT2D eigenvalue weighted by atomic mass is 9.99. The Kier molecular flexibility index (Phi) is 6.14. The Bertz CT molecular complexity index is 362. The lowest BCUT2D eigenvalue weighted by molar-refractivity contribution is -0.143. The molecule has 2 amide bonds. The Morgan fingerprint density at radius 1 is 1.53 bits per heavy atom. The summed E-state index contributed by atoms with van der Waals surface area (Å²) in [5.41, 5.74) is 0. The molecule has 1 saturated heterocycles. The molecule has 1 rings (SSSR count).